The van der Waals surface area contributed by atoms with Gasteiger partial charge in [0.2, 0.25) is 0 Å². The summed E-state index contributed by atoms with van der Waals surface area (Å²) in [6.07, 6.45) is 6.36. The fourth-order valence-electron chi connectivity index (χ4n) is 2.20. The summed E-state index contributed by atoms with van der Waals surface area (Å²) in [5.74, 6) is 0.851. The molecule has 2 N–H and O–H groups in total. The molecule has 2 atom stereocenters. The number of nitrogens with one attached hydrogen (secondary N) is 1. The lowest BCUT2D eigenvalue weighted by atomic mass is 9.76. The Labute approximate surface area is 88.1 Å². The van der Waals surface area contributed by atoms with E-state index < -0.39 is 0 Å². The van der Waals surface area contributed by atoms with Gasteiger partial charge in [0, 0.05) is 11.6 Å². The zero-order valence-electron chi connectivity index (χ0n) is 9.84. The van der Waals surface area contributed by atoms with Crippen LogP contribution in [-0.4, -0.2) is 23.3 Å². The molecule has 1 aliphatic rings. The highest BCUT2D eigenvalue weighted by molar-refractivity contribution is 4.89. The SMILES string of the molecule is CCC(C)NC(C)(CO)CC1CCC1. The number of rotatable bonds is 6. The van der Waals surface area contributed by atoms with E-state index in [1.54, 1.807) is 0 Å². The molecule has 84 valence electrons. The highest BCUT2D eigenvalue weighted by Crippen LogP contribution is 2.33. The van der Waals surface area contributed by atoms with Crippen LogP contribution in [0.3, 0.4) is 0 Å². The van der Waals surface area contributed by atoms with Crippen LogP contribution in [-0.2, 0) is 0 Å². The molecule has 0 spiro atoms. The van der Waals surface area contributed by atoms with Gasteiger partial charge in [-0.25, -0.2) is 0 Å². The second-order valence-electron chi connectivity index (χ2n) is 5.17. The second kappa shape index (κ2) is 5.13. The Morgan fingerprint density at radius 3 is 2.50 bits per heavy atom. The monoisotopic (exact) mass is 199 g/mol. The van der Waals surface area contributed by atoms with Crippen LogP contribution in [0, 0.1) is 5.92 Å². The molecule has 1 saturated carbocycles. The van der Waals surface area contributed by atoms with Crippen molar-refractivity contribution in [1.29, 1.82) is 0 Å². The molecule has 0 radical (unpaired) electrons. The first kappa shape index (κ1) is 12.0. The number of hydrogen-bond donors (Lipinski definition) is 2. The van der Waals surface area contributed by atoms with E-state index in [-0.39, 0.29) is 12.1 Å². The third-order valence-corrected chi connectivity index (χ3v) is 3.52. The van der Waals surface area contributed by atoms with Crippen LogP contribution in [0.4, 0.5) is 0 Å². The maximum Gasteiger partial charge on any atom is 0.0610 e. The predicted octanol–water partition coefficient (Wildman–Crippen LogP) is 2.32. The topological polar surface area (TPSA) is 32.3 Å². The molecule has 2 unspecified atom stereocenters. The third-order valence-electron chi connectivity index (χ3n) is 3.52. The Morgan fingerprint density at radius 2 is 2.14 bits per heavy atom. The quantitative estimate of drug-likeness (QED) is 0.688. The molecule has 2 heteroatoms. The van der Waals surface area contributed by atoms with Crippen molar-refractivity contribution in [1.82, 2.24) is 5.32 Å². The first-order chi connectivity index (χ1) is 6.59. The van der Waals surface area contributed by atoms with Crippen LogP contribution in [0.25, 0.3) is 0 Å². The van der Waals surface area contributed by atoms with Crippen molar-refractivity contribution >= 4 is 0 Å². The van der Waals surface area contributed by atoms with Crippen LogP contribution in [0.5, 0.6) is 0 Å². The van der Waals surface area contributed by atoms with Gasteiger partial charge in [0.25, 0.3) is 0 Å². The summed E-state index contributed by atoms with van der Waals surface area (Å²) in [6, 6.07) is 0.507. The van der Waals surface area contributed by atoms with Crippen LogP contribution >= 0.6 is 0 Å². The molecule has 0 aromatic carbocycles. The van der Waals surface area contributed by atoms with E-state index >= 15 is 0 Å². The first-order valence-electron chi connectivity index (χ1n) is 5.98. The first-order valence-corrected chi connectivity index (χ1v) is 5.98. The fourth-order valence-corrected chi connectivity index (χ4v) is 2.20. The maximum absolute atomic E-state index is 9.44. The van der Waals surface area contributed by atoms with Crippen LogP contribution in [0.15, 0.2) is 0 Å². The zero-order chi connectivity index (χ0) is 10.6. The second-order valence-corrected chi connectivity index (χ2v) is 5.17. The lowest BCUT2D eigenvalue weighted by Gasteiger charge is -2.38. The van der Waals surface area contributed by atoms with Crippen molar-refractivity contribution in [3.8, 4) is 0 Å². The average Bonchev–Trinajstić information content (AvgIpc) is 2.11. The highest BCUT2D eigenvalue weighted by Gasteiger charge is 2.30. The molecule has 2 nitrogen and oxygen atoms in total. The van der Waals surface area contributed by atoms with Crippen LogP contribution < -0.4 is 5.32 Å². The molecule has 1 aliphatic carbocycles. The van der Waals surface area contributed by atoms with Gasteiger partial charge in [0.05, 0.1) is 6.61 Å². The normalized spacial score (nSPS) is 24.0. The van der Waals surface area contributed by atoms with Crippen molar-refractivity contribution in [3.05, 3.63) is 0 Å². The summed E-state index contributed by atoms with van der Waals surface area (Å²) in [4.78, 5) is 0. The molecule has 1 fully saturated rings. The average molecular weight is 199 g/mol. The Kier molecular flexibility index (Phi) is 4.39. The van der Waals surface area contributed by atoms with Crippen molar-refractivity contribution in [2.24, 2.45) is 5.92 Å². The Bertz CT molecular complexity index is 159. The molecule has 0 aromatic rings. The summed E-state index contributed by atoms with van der Waals surface area (Å²) in [5.41, 5.74) is -0.0550. The van der Waals surface area contributed by atoms with E-state index in [1.807, 2.05) is 0 Å². The Balaban J connectivity index is 2.38. The van der Waals surface area contributed by atoms with Gasteiger partial charge in [-0.05, 0) is 32.6 Å². The lowest BCUT2D eigenvalue weighted by Crippen LogP contribution is -2.51. The van der Waals surface area contributed by atoms with Gasteiger partial charge in [-0.1, -0.05) is 26.2 Å². The Hall–Kier alpha value is -0.0800. The molecule has 0 aliphatic heterocycles. The molecular weight excluding hydrogens is 174 g/mol. The molecule has 0 amide bonds. The molecule has 14 heavy (non-hydrogen) atoms. The standard InChI is InChI=1S/C12H25NO/c1-4-10(2)13-12(3,9-14)8-11-6-5-7-11/h10-11,13-14H,4-9H2,1-3H3. The van der Waals surface area contributed by atoms with Crippen LogP contribution in [0.2, 0.25) is 0 Å². The zero-order valence-corrected chi connectivity index (χ0v) is 9.84. The van der Waals surface area contributed by atoms with Gasteiger partial charge in [-0.2, -0.15) is 0 Å². The van der Waals surface area contributed by atoms with E-state index in [0.29, 0.717) is 6.04 Å². The van der Waals surface area contributed by atoms with E-state index in [4.69, 9.17) is 0 Å². The van der Waals surface area contributed by atoms with E-state index in [9.17, 15) is 5.11 Å². The van der Waals surface area contributed by atoms with Gasteiger partial charge >= 0.3 is 0 Å². The number of hydrogen-bond acceptors (Lipinski definition) is 2. The van der Waals surface area contributed by atoms with Crippen molar-refractivity contribution in [2.45, 2.75) is 64.5 Å². The molecule has 0 heterocycles. The summed E-state index contributed by atoms with van der Waals surface area (Å²) in [5, 5.41) is 13.0. The predicted molar refractivity (Wildman–Crippen MR) is 60.3 cm³/mol. The molecule has 0 saturated heterocycles. The molecule has 0 aromatic heterocycles. The van der Waals surface area contributed by atoms with Gasteiger partial charge in [-0.15, -0.1) is 0 Å². The third kappa shape index (κ3) is 3.25. The molecular formula is C12H25NO. The van der Waals surface area contributed by atoms with Gasteiger partial charge in [-0.3, -0.25) is 0 Å². The summed E-state index contributed by atoms with van der Waals surface area (Å²) in [6.45, 7) is 6.78. The minimum atomic E-state index is -0.0550. The van der Waals surface area contributed by atoms with Gasteiger partial charge in [0.1, 0.15) is 0 Å². The number of aliphatic hydroxyl groups excluding tert-OH is 1. The minimum absolute atomic E-state index is 0.0550. The maximum atomic E-state index is 9.44. The van der Waals surface area contributed by atoms with Crippen molar-refractivity contribution < 1.29 is 5.11 Å². The van der Waals surface area contributed by atoms with Gasteiger partial charge < -0.3 is 10.4 Å². The molecule has 1 rings (SSSR count). The Morgan fingerprint density at radius 1 is 1.50 bits per heavy atom. The van der Waals surface area contributed by atoms with Crippen LogP contribution in [0.1, 0.15) is 52.9 Å². The van der Waals surface area contributed by atoms with Gasteiger partial charge in [0.15, 0.2) is 0 Å². The van der Waals surface area contributed by atoms with Crippen molar-refractivity contribution in [3.63, 3.8) is 0 Å². The number of aliphatic hydroxyl groups is 1. The summed E-state index contributed by atoms with van der Waals surface area (Å²) < 4.78 is 0. The van der Waals surface area contributed by atoms with E-state index in [0.717, 1.165) is 18.8 Å². The summed E-state index contributed by atoms with van der Waals surface area (Å²) in [7, 11) is 0. The highest BCUT2D eigenvalue weighted by atomic mass is 16.3. The smallest absolute Gasteiger partial charge is 0.0610 e. The summed E-state index contributed by atoms with van der Waals surface area (Å²) >= 11 is 0. The fraction of sp³-hybridized carbons (Fsp3) is 1.00. The van der Waals surface area contributed by atoms with Crippen molar-refractivity contribution in [2.75, 3.05) is 6.61 Å². The lowest BCUT2D eigenvalue weighted by molar-refractivity contribution is 0.115. The largest absolute Gasteiger partial charge is 0.394 e. The minimum Gasteiger partial charge on any atom is -0.394 e. The van der Waals surface area contributed by atoms with E-state index in [2.05, 4.69) is 26.1 Å². The van der Waals surface area contributed by atoms with E-state index in [1.165, 1.54) is 19.3 Å². The molecule has 0 bridgehead atoms.